The summed E-state index contributed by atoms with van der Waals surface area (Å²) in [5.41, 5.74) is 2.70. The smallest absolute Gasteiger partial charge is 0.269 e. The molecule has 8 heteroatoms. The van der Waals surface area contributed by atoms with Crippen LogP contribution in [-0.2, 0) is 13.2 Å². The lowest BCUT2D eigenvalue weighted by atomic mass is 10.2. The Morgan fingerprint density at radius 2 is 1.83 bits per heavy atom. The first-order valence-electron chi connectivity index (χ1n) is 9.27. The van der Waals surface area contributed by atoms with Gasteiger partial charge in [0.2, 0.25) is 0 Å². The molecule has 0 bridgehead atoms. The molecule has 0 aliphatic carbocycles. The molecule has 0 atom stereocenters. The van der Waals surface area contributed by atoms with Gasteiger partial charge in [0.15, 0.2) is 11.5 Å². The van der Waals surface area contributed by atoms with Crippen molar-refractivity contribution in [3.63, 3.8) is 0 Å². The number of ether oxygens (including phenoxy) is 2. The molecule has 0 unspecified atom stereocenters. The van der Waals surface area contributed by atoms with Crippen LogP contribution in [0.25, 0.3) is 0 Å². The first-order chi connectivity index (χ1) is 14.5. The zero-order valence-electron chi connectivity index (χ0n) is 16.2. The van der Waals surface area contributed by atoms with E-state index in [4.69, 9.17) is 21.1 Å². The first-order valence-corrected chi connectivity index (χ1v) is 10.4. The van der Waals surface area contributed by atoms with Crippen LogP contribution < -0.4 is 14.8 Å². The SMILES string of the molecule is CCOc1cc(CNc2ccc([N+](=O)[O-])cc2)cc(Br)c1OCc1ccccc1Cl. The van der Waals surface area contributed by atoms with Crippen molar-refractivity contribution in [3.05, 3.63) is 91.4 Å². The molecule has 3 rings (SSSR count). The van der Waals surface area contributed by atoms with Crippen LogP contribution >= 0.6 is 27.5 Å². The third-order valence-electron chi connectivity index (χ3n) is 4.27. The topological polar surface area (TPSA) is 73.6 Å². The third-order valence-corrected chi connectivity index (χ3v) is 5.23. The summed E-state index contributed by atoms with van der Waals surface area (Å²) in [5.74, 6) is 1.23. The average molecular weight is 492 g/mol. The third kappa shape index (κ3) is 5.64. The van der Waals surface area contributed by atoms with Gasteiger partial charge >= 0.3 is 0 Å². The van der Waals surface area contributed by atoms with Crippen molar-refractivity contribution in [2.75, 3.05) is 11.9 Å². The molecule has 0 spiro atoms. The van der Waals surface area contributed by atoms with Crippen LogP contribution in [0.4, 0.5) is 11.4 Å². The maximum Gasteiger partial charge on any atom is 0.269 e. The highest BCUT2D eigenvalue weighted by Gasteiger charge is 2.14. The Bertz CT molecular complexity index is 1030. The normalized spacial score (nSPS) is 10.5. The van der Waals surface area contributed by atoms with Gasteiger partial charge in [-0.25, -0.2) is 0 Å². The van der Waals surface area contributed by atoms with E-state index >= 15 is 0 Å². The summed E-state index contributed by atoms with van der Waals surface area (Å²) < 4.78 is 12.5. The van der Waals surface area contributed by atoms with Crippen LogP contribution in [-0.4, -0.2) is 11.5 Å². The molecule has 6 nitrogen and oxygen atoms in total. The highest BCUT2D eigenvalue weighted by molar-refractivity contribution is 9.10. The van der Waals surface area contributed by atoms with Crippen molar-refractivity contribution in [1.29, 1.82) is 0 Å². The molecular weight excluding hydrogens is 472 g/mol. The van der Waals surface area contributed by atoms with Crippen molar-refractivity contribution in [1.82, 2.24) is 0 Å². The molecule has 3 aromatic rings. The molecule has 0 saturated carbocycles. The van der Waals surface area contributed by atoms with Gasteiger partial charge in [-0.3, -0.25) is 10.1 Å². The number of rotatable bonds is 9. The molecule has 3 aromatic carbocycles. The maximum absolute atomic E-state index is 10.8. The lowest BCUT2D eigenvalue weighted by Crippen LogP contribution is -2.04. The zero-order valence-corrected chi connectivity index (χ0v) is 18.6. The van der Waals surface area contributed by atoms with E-state index in [9.17, 15) is 10.1 Å². The quantitative estimate of drug-likeness (QED) is 0.270. The van der Waals surface area contributed by atoms with Crippen molar-refractivity contribution >= 4 is 38.9 Å². The second-order valence-electron chi connectivity index (χ2n) is 6.38. The van der Waals surface area contributed by atoms with Crippen LogP contribution in [0.3, 0.4) is 0 Å². The molecule has 156 valence electrons. The monoisotopic (exact) mass is 490 g/mol. The van der Waals surface area contributed by atoms with Gasteiger partial charge in [0.1, 0.15) is 6.61 Å². The number of halogens is 2. The Balaban J connectivity index is 1.73. The molecule has 0 aliphatic heterocycles. The minimum Gasteiger partial charge on any atom is -0.490 e. The number of benzene rings is 3. The molecule has 30 heavy (non-hydrogen) atoms. The number of nitro benzene ring substituents is 1. The lowest BCUT2D eigenvalue weighted by Gasteiger charge is -2.16. The molecule has 0 aliphatic rings. The molecule has 0 heterocycles. The molecular formula is C22H20BrClN2O4. The van der Waals surface area contributed by atoms with E-state index in [1.165, 1.54) is 12.1 Å². The van der Waals surface area contributed by atoms with Crippen LogP contribution in [0.5, 0.6) is 11.5 Å². The van der Waals surface area contributed by atoms with Gasteiger partial charge < -0.3 is 14.8 Å². The Labute approximate surface area is 188 Å². The zero-order chi connectivity index (χ0) is 21.5. The fourth-order valence-electron chi connectivity index (χ4n) is 2.80. The van der Waals surface area contributed by atoms with Crippen LogP contribution in [0, 0.1) is 10.1 Å². The summed E-state index contributed by atoms with van der Waals surface area (Å²) in [7, 11) is 0. The summed E-state index contributed by atoms with van der Waals surface area (Å²) in [6.07, 6.45) is 0. The molecule has 0 fully saturated rings. The molecule has 0 saturated heterocycles. The summed E-state index contributed by atoms with van der Waals surface area (Å²) >= 11 is 9.79. The molecule has 1 N–H and O–H groups in total. The number of nitro groups is 1. The average Bonchev–Trinajstić information content (AvgIpc) is 2.73. The van der Waals surface area contributed by atoms with Gasteiger partial charge in [0.25, 0.3) is 5.69 Å². The highest BCUT2D eigenvalue weighted by Crippen LogP contribution is 2.38. The first kappa shape index (κ1) is 21.9. The Hall–Kier alpha value is -2.77. The van der Waals surface area contributed by atoms with Gasteiger partial charge in [0, 0.05) is 35.0 Å². The van der Waals surface area contributed by atoms with E-state index in [-0.39, 0.29) is 5.69 Å². The van der Waals surface area contributed by atoms with Crippen molar-refractivity contribution in [2.24, 2.45) is 0 Å². The standard InChI is InChI=1S/C22H20BrClN2O4/c1-2-29-21-12-15(13-25-17-7-9-18(10-8-17)26(27)28)11-19(23)22(21)30-14-16-5-3-4-6-20(16)24/h3-12,25H,2,13-14H2,1H3. The van der Waals surface area contributed by atoms with E-state index in [0.717, 1.165) is 21.3 Å². The maximum atomic E-state index is 10.8. The van der Waals surface area contributed by atoms with Crippen LogP contribution in [0.1, 0.15) is 18.1 Å². The van der Waals surface area contributed by atoms with Crippen molar-refractivity contribution in [2.45, 2.75) is 20.1 Å². The summed E-state index contributed by atoms with van der Waals surface area (Å²) in [5, 5.41) is 14.7. The van der Waals surface area contributed by atoms with Gasteiger partial charge in [-0.05, 0) is 58.7 Å². The number of nitrogens with zero attached hydrogens (tertiary/aromatic N) is 1. The lowest BCUT2D eigenvalue weighted by molar-refractivity contribution is -0.384. The second kappa shape index (κ2) is 10.3. The second-order valence-corrected chi connectivity index (χ2v) is 7.64. The predicted octanol–water partition coefficient (Wildman–Crippen LogP) is 6.60. The number of hydrogen-bond acceptors (Lipinski definition) is 5. The number of anilines is 1. The number of nitrogens with one attached hydrogen (secondary N) is 1. The molecule has 0 aromatic heterocycles. The van der Waals surface area contributed by atoms with Gasteiger partial charge in [-0.1, -0.05) is 29.8 Å². The van der Waals surface area contributed by atoms with Crippen LogP contribution in [0.15, 0.2) is 65.1 Å². The fourth-order valence-corrected chi connectivity index (χ4v) is 3.59. The molecule has 0 radical (unpaired) electrons. The fraction of sp³-hybridized carbons (Fsp3) is 0.182. The predicted molar refractivity (Wildman–Crippen MR) is 122 cm³/mol. The van der Waals surface area contributed by atoms with E-state index in [1.54, 1.807) is 12.1 Å². The summed E-state index contributed by atoms with van der Waals surface area (Å²) in [4.78, 5) is 10.3. The molecule has 0 amide bonds. The van der Waals surface area contributed by atoms with E-state index in [1.807, 2.05) is 43.3 Å². The van der Waals surface area contributed by atoms with E-state index in [0.29, 0.717) is 36.3 Å². The van der Waals surface area contributed by atoms with Gasteiger partial charge in [0.05, 0.1) is 16.0 Å². The van der Waals surface area contributed by atoms with Crippen LogP contribution in [0.2, 0.25) is 5.02 Å². The number of hydrogen-bond donors (Lipinski definition) is 1. The largest absolute Gasteiger partial charge is 0.490 e. The van der Waals surface area contributed by atoms with Gasteiger partial charge in [-0.2, -0.15) is 0 Å². The summed E-state index contributed by atoms with van der Waals surface area (Å²) in [6, 6.07) is 17.7. The Morgan fingerprint density at radius 1 is 1.10 bits per heavy atom. The van der Waals surface area contributed by atoms with Crippen molar-refractivity contribution < 1.29 is 14.4 Å². The Morgan fingerprint density at radius 3 is 2.50 bits per heavy atom. The number of non-ortho nitro benzene ring substituents is 1. The minimum absolute atomic E-state index is 0.0574. The highest BCUT2D eigenvalue weighted by atomic mass is 79.9. The van der Waals surface area contributed by atoms with Crippen molar-refractivity contribution in [3.8, 4) is 11.5 Å². The van der Waals surface area contributed by atoms with E-state index in [2.05, 4.69) is 21.2 Å². The minimum atomic E-state index is -0.420. The Kier molecular flexibility index (Phi) is 7.54. The summed E-state index contributed by atoms with van der Waals surface area (Å²) in [6.45, 7) is 3.24. The van der Waals surface area contributed by atoms with E-state index < -0.39 is 4.92 Å². The van der Waals surface area contributed by atoms with Gasteiger partial charge in [-0.15, -0.1) is 0 Å².